The van der Waals surface area contributed by atoms with Crippen LogP contribution in [0.25, 0.3) is 4.96 Å². The molecule has 0 spiro atoms. The summed E-state index contributed by atoms with van der Waals surface area (Å²) in [5.74, 6) is 0.905. The van der Waals surface area contributed by atoms with Gasteiger partial charge in [-0.2, -0.15) is 0 Å². The average Bonchev–Trinajstić information content (AvgIpc) is 2.73. The van der Waals surface area contributed by atoms with Gasteiger partial charge in [0, 0.05) is 23.7 Å². The summed E-state index contributed by atoms with van der Waals surface area (Å²) in [6.07, 6.45) is 2.65. The lowest BCUT2D eigenvalue weighted by atomic mass is 9.82. The second kappa shape index (κ2) is 4.10. The molecule has 17 heavy (non-hydrogen) atoms. The van der Waals surface area contributed by atoms with Gasteiger partial charge in [-0.05, 0) is 32.6 Å². The molecular formula is C13H19N3S. The molecule has 0 radical (unpaired) electrons. The van der Waals surface area contributed by atoms with Gasteiger partial charge in [0.2, 0.25) is 0 Å². The summed E-state index contributed by atoms with van der Waals surface area (Å²) in [5.41, 5.74) is 3.79. The van der Waals surface area contributed by atoms with Crippen LogP contribution >= 0.6 is 11.3 Å². The molecule has 0 saturated heterocycles. The molecule has 92 valence electrons. The number of nitrogens with zero attached hydrogens (tertiary/aromatic N) is 2. The van der Waals surface area contributed by atoms with E-state index in [0.717, 1.165) is 17.4 Å². The number of nitrogens with one attached hydrogen (secondary N) is 1. The van der Waals surface area contributed by atoms with Crippen molar-refractivity contribution in [3.8, 4) is 0 Å². The van der Waals surface area contributed by atoms with Gasteiger partial charge in [-0.15, -0.1) is 11.3 Å². The van der Waals surface area contributed by atoms with Crippen LogP contribution in [0.3, 0.4) is 0 Å². The Morgan fingerprint density at radius 3 is 2.94 bits per heavy atom. The quantitative estimate of drug-likeness (QED) is 0.906. The van der Waals surface area contributed by atoms with Crippen molar-refractivity contribution in [2.45, 2.75) is 46.2 Å². The zero-order chi connectivity index (χ0) is 12.0. The highest BCUT2D eigenvalue weighted by atomic mass is 32.1. The van der Waals surface area contributed by atoms with Crippen molar-refractivity contribution in [1.82, 2.24) is 14.7 Å². The topological polar surface area (TPSA) is 29.3 Å². The minimum absolute atomic E-state index is 0.717. The summed E-state index contributed by atoms with van der Waals surface area (Å²) in [5, 5.41) is 5.82. The number of hydrogen-bond acceptors (Lipinski definition) is 3. The fraction of sp³-hybridized carbons (Fsp3) is 0.615. The number of aryl methyl sites for hydroxylation is 2. The van der Waals surface area contributed by atoms with Gasteiger partial charge >= 0.3 is 0 Å². The zero-order valence-corrected chi connectivity index (χ0v) is 11.5. The maximum atomic E-state index is 4.61. The first kappa shape index (κ1) is 11.2. The molecule has 0 amide bonds. The molecule has 0 aromatic carbocycles. The van der Waals surface area contributed by atoms with E-state index in [1.165, 1.54) is 29.9 Å². The molecule has 0 unspecified atom stereocenters. The third-order valence-corrected chi connectivity index (χ3v) is 4.71. The molecule has 1 fully saturated rings. The Labute approximate surface area is 106 Å². The molecule has 3 nitrogen and oxygen atoms in total. The van der Waals surface area contributed by atoms with Crippen molar-refractivity contribution in [2.24, 2.45) is 5.92 Å². The zero-order valence-electron chi connectivity index (χ0n) is 10.7. The molecular weight excluding hydrogens is 230 g/mol. The van der Waals surface area contributed by atoms with Gasteiger partial charge in [0.1, 0.15) is 0 Å². The van der Waals surface area contributed by atoms with Crippen molar-refractivity contribution in [2.75, 3.05) is 0 Å². The first-order valence-electron chi connectivity index (χ1n) is 6.30. The van der Waals surface area contributed by atoms with E-state index in [0.29, 0.717) is 6.04 Å². The Morgan fingerprint density at radius 1 is 1.47 bits per heavy atom. The Bertz CT molecular complexity index is 534. The second-order valence-corrected chi connectivity index (χ2v) is 6.13. The molecule has 0 aliphatic heterocycles. The monoisotopic (exact) mass is 249 g/mol. The summed E-state index contributed by atoms with van der Waals surface area (Å²) in [4.78, 5) is 5.74. The standard InChI is InChI=1S/C13H19N3S/c1-8-4-11(5-8)14-6-12-10(3)15-13-16(12)9(2)7-17-13/h7-8,11,14H,4-6H2,1-3H3. The van der Waals surface area contributed by atoms with E-state index in [9.17, 15) is 0 Å². The van der Waals surface area contributed by atoms with E-state index in [-0.39, 0.29) is 0 Å². The highest BCUT2D eigenvalue weighted by Crippen LogP contribution is 2.27. The Hall–Kier alpha value is -0.870. The fourth-order valence-corrected chi connectivity index (χ4v) is 3.62. The van der Waals surface area contributed by atoms with Gasteiger partial charge in [0.05, 0.1) is 11.4 Å². The smallest absolute Gasteiger partial charge is 0.194 e. The summed E-state index contributed by atoms with van der Waals surface area (Å²) in [7, 11) is 0. The van der Waals surface area contributed by atoms with Gasteiger partial charge in [0.15, 0.2) is 4.96 Å². The first-order chi connectivity index (χ1) is 8.15. The third kappa shape index (κ3) is 1.89. The van der Waals surface area contributed by atoms with Crippen LogP contribution in [-0.4, -0.2) is 15.4 Å². The molecule has 2 heterocycles. The average molecular weight is 249 g/mol. The van der Waals surface area contributed by atoms with Gasteiger partial charge in [0.25, 0.3) is 0 Å². The Morgan fingerprint density at radius 2 is 2.24 bits per heavy atom. The summed E-state index contributed by atoms with van der Waals surface area (Å²) in [6.45, 7) is 7.53. The predicted octanol–water partition coefficient (Wildman–Crippen LogP) is 2.90. The minimum atomic E-state index is 0.717. The Kier molecular flexibility index (Phi) is 2.71. The second-order valence-electron chi connectivity index (χ2n) is 5.29. The van der Waals surface area contributed by atoms with Crippen molar-refractivity contribution in [1.29, 1.82) is 0 Å². The molecule has 3 rings (SSSR count). The largest absolute Gasteiger partial charge is 0.308 e. The van der Waals surface area contributed by atoms with Gasteiger partial charge in [-0.25, -0.2) is 4.98 Å². The molecule has 2 aromatic rings. The SMILES string of the molecule is Cc1nc2scc(C)n2c1CNC1CC(C)C1. The number of hydrogen-bond donors (Lipinski definition) is 1. The molecule has 0 bridgehead atoms. The molecule has 0 atom stereocenters. The number of aromatic nitrogens is 2. The number of thiazole rings is 1. The highest BCUT2D eigenvalue weighted by Gasteiger charge is 2.25. The molecule has 1 saturated carbocycles. The van der Waals surface area contributed by atoms with Crippen LogP contribution in [0, 0.1) is 19.8 Å². The first-order valence-corrected chi connectivity index (χ1v) is 7.18. The lowest BCUT2D eigenvalue weighted by Crippen LogP contribution is -2.39. The summed E-state index contributed by atoms with van der Waals surface area (Å²) >= 11 is 1.73. The van der Waals surface area contributed by atoms with Crippen LogP contribution in [0.4, 0.5) is 0 Å². The van der Waals surface area contributed by atoms with Crippen LogP contribution < -0.4 is 5.32 Å². The van der Waals surface area contributed by atoms with Crippen LogP contribution in [0.5, 0.6) is 0 Å². The van der Waals surface area contributed by atoms with Crippen LogP contribution in [0.2, 0.25) is 0 Å². The molecule has 2 aromatic heterocycles. The maximum absolute atomic E-state index is 4.61. The number of rotatable bonds is 3. The van der Waals surface area contributed by atoms with Crippen molar-refractivity contribution >= 4 is 16.3 Å². The predicted molar refractivity (Wildman–Crippen MR) is 71.6 cm³/mol. The van der Waals surface area contributed by atoms with E-state index in [2.05, 4.69) is 40.9 Å². The fourth-order valence-electron chi connectivity index (χ4n) is 2.69. The van der Waals surface area contributed by atoms with Crippen molar-refractivity contribution in [3.05, 3.63) is 22.5 Å². The van der Waals surface area contributed by atoms with Gasteiger partial charge in [-0.1, -0.05) is 6.92 Å². The highest BCUT2D eigenvalue weighted by molar-refractivity contribution is 7.15. The summed E-state index contributed by atoms with van der Waals surface area (Å²) < 4.78 is 2.29. The van der Waals surface area contributed by atoms with Crippen LogP contribution in [0.1, 0.15) is 36.8 Å². The molecule has 1 N–H and O–H groups in total. The molecule has 1 aliphatic rings. The Balaban J connectivity index is 1.79. The van der Waals surface area contributed by atoms with E-state index >= 15 is 0 Å². The van der Waals surface area contributed by atoms with E-state index in [1.54, 1.807) is 11.3 Å². The van der Waals surface area contributed by atoms with E-state index < -0.39 is 0 Å². The van der Waals surface area contributed by atoms with E-state index in [4.69, 9.17) is 0 Å². The normalized spacial score (nSPS) is 24.2. The lowest BCUT2D eigenvalue weighted by molar-refractivity contribution is 0.239. The number of imidazole rings is 1. The van der Waals surface area contributed by atoms with Crippen molar-refractivity contribution < 1.29 is 0 Å². The van der Waals surface area contributed by atoms with Crippen molar-refractivity contribution in [3.63, 3.8) is 0 Å². The van der Waals surface area contributed by atoms with Crippen LogP contribution in [-0.2, 0) is 6.54 Å². The maximum Gasteiger partial charge on any atom is 0.194 e. The summed E-state index contributed by atoms with van der Waals surface area (Å²) in [6, 6.07) is 0.717. The minimum Gasteiger partial charge on any atom is -0.308 e. The van der Waals surface area contributed by atoms with Gasteiger partial charge < -0.3 is 5.32 Å². The van der Waals surface area contributed by atoms with Crippen LogP contribution in [0.15, 0.2) is 5.38 Å². The molecule has 4 heteroatoms. The van der Waals surface area contributed by atoms with E-state index in [1.807, 2.05) is 0 Å². The number of fused-ring (bicyclic) bond motifs is 1. The lowest BCUT2D eigenvalue weighted by Gasteiger charge is -2.33. The molecule has 1 aliphatic carbocycles. The third-order valence-electron chi connectivity index (χ3n) is 3.76. The van der Waals surface area contributed by atoms with Gasteiger partial charge in [-0.3, -0.25) is 4.40 Å².